The lowest BCUT2D eigenvalue weighted by Gasteiger charge is -2.14. The molecule has 0 saturated heterocycles. The second-order valence-corrected chi connectivity index (χ2v) is 3.08. The van der Waals surface area contributed by atoms with Crippen LogP contribution in [0.3, 0.4) is 0 Å². The summed E-state index contributed by atoms with van der Waals surface area (Å²) in [6, 6.07) is 0. The van der Waals surface area contributed by atoms with Crippen molar-refractivity contribution in [3.8, 4) is 0 Å². The van der Waals surface area contributed by atoms with Crippen LogP contribution in [-0.4, -0.2) is 19.3 Å². The molecule has 1 aliphatic heterocycles. The van der Waals surface area contributed by atoms with Gasteiger partial charge in [0.15, 0.2) is 0 Å². The molecule has 15 heavy (non-hydrogen) atoms. The Bertz CT molecular complexity index is 181. The lowest BCUT2D eigenvalue weighted by molar-refractivity contribution is 0.513. The molecular formula is C11H24N4. The molecule has 1 rings (SSSR count). The van der Waals surface area contributed by atoms with Gasteiger partial charge in [-0.25, -0.2) is 0 Å². The summed E-state index contributed by atoms with van der Waals surface area (Å²) in [7, 11) is 0. The zero-order chi connectivity index (χ0) is 11.5. The van der Waals surface area contributed by atoms with E-state index in [1.165, 1.54) is 0 Å². The number of hydrogen-bond donors (Lipinski definition) is 4. The Morgan fingerprint density at radius 3 is 2.53 bits per heavy atom. The quantitative estimate of drug-likeness (QED) is 0.527. The molecule has 5 N–H and O–H groups in total. The number of nitrogens with one attached hydrogen (secondary N) is 3. The van der Waals surface area contributed by atoms with E-state index in [9.17, 15) is 0 Å². The molecule has 4 heteroatoms. The summed E-state index contributed by atoms with van der Waals surface area (Å²) in [4.78, 5) is 0. The molecule has 0 unspecified atom stereocenters. The molecular weight excluding hydrogens is 188 g/mol. The lowest BCUT2D eigenvalue weighted by atomic mass is 10.3. The molecule has 0 aromatic rings. The lowest BCUT2D eigenvalue weighted by Crippen LogP contribution is -2.34. The molecule has 0 amide bonds. The van der Waals surface area contributed by atoms with Crippen LogP contribution < -0.4 is 21.7 Å². The smallest absolute Gasteiger partial charge is 0.0972 e. The molecule has 0 aromatic carbocycles. The van der Waals surface area contributed by atoms with Crippen LogP contribution >= 0.6 is 0 Å². The van der Waals surface area contributed by atoms with Crippen LogP contribution in [0.15, 0.2) is 24.7 Å². The first kappa shape index (κ1) is 13.8. The van der Waals surface area contributed by atoms with E-state index < -0.39 is 0 Å². The van der Waals surface area contributed by atoms with E-state index in [1.54, 1.807) is 0 Å². The average molecular weight is 212 g/mol. The summed E-state index contributed by atoms with van der Waals surface area (Å²) in [6.45, 7) is 9.44. The van der Waals surface area contributed by atoms with Gasteiger partial charge in [-0.1, -0.05) is 20.4 Å². The van der Waals surface area contributed by atoms with Crippen LogP contribution in [0.1, 0.15) is 26.7 Å². The molecule has 0 aromatic heterocycles. The maximum atomic E-state index is 5.39. The van der Waals surface area contributed by atoms with E-state index in [4.69, 9.17) is 5.73 Å². The number of hydrogen-bond acceptors (Lipinski definition) is 4. The normalized spacial score (nSPS) is 13.5. The van der Waals surface area contributed by atoms with Gasteiger partial charge in [-0.2, -0.15) is 0 Å². The largest absolute Gasteiger partial charge is 0.389 e. The van der Waals surface area contributed by atoms with Crippen molar-refractivity contribution < 1.29 is 0 Å². The summed E-state index contributed by atoms with van der Waals surface area (Å²) in [5.41, 5.74) is 6.41. The van der Waals surface area contributed by atoms with Gasteiger partial charge in [-0.05, 0) is 13.0 Å². The Morgan fingerprint density at radius 1 is 1.40 bits per heavy atom. The maximum Gasteiger partial charge on any atom is 0.0972 e. The van der Waals surface area contributed by atoms with Crippen LogP contribution in [0.5, 0.6) is 0 Å². The molecule has 0 bridgehead atoms. The van der Waals surface area contributed by atoms with Crippen LogP contribution in [0.25, 0.3) is 0 Å². The first-order valence-corrected chi connectivity index (χ1v) is 5.62. The van der Waals surface area contributed by atoms with Crippen molar-refractivity contribution in [1.82, 2.24) is 16.0 Å². The Labute approximate surface area is 93.0 Å². The van der Waals surface area contributed by atoms with Crippen LogP contribution in [-0.2, 0) is 0 Å². The minimum Gasteiger partial charge on any atom is -0.389 e. The van der Waals surface area contributed by atoms with Gasteiger partial charge in [0.1, 0.15) is 0 Å². The van der Waals surface area contributed by atoms with Crippen molar-refractivity contribution in [3.05, 3.63) is 24.7 Å². The fourth-order valence-corrected chi connectivity index (χ4v) is 1.20. The van der Waals surface area contributed by atoms with Gasteiger partial charge in [0.05, 0.1) is 6.17 Å². The van der Waals surface area contributed by atoms with Crippen molar-refractivity contribution >= 4 is 0 Å². The van der Waals surface area contributed by atoms with Crippen molar-refractivity contribution in [3.63, 3.8) is 0 Å². The van der Waals surface area contributed by atoms with Gasteiger partial charge in [-0.3, -0.25) is 0 Å². The summed E-state index contributed by atoms with van der Waals surface area (Å²) in [5, 5.41) is 9.58. The minimum absolute atomic E-state index is 0.359. The van der Waals surface area contributed by atoms with Gasteiger partial charge in [0.2, 0.25) is 0 Å². The molecule has 0 radical (unpaired) electrons. The highest BCUT2D eigenvalue weighted by molar-refractivity contribution is 4.94. The Hall–Kier alpha value is -1.16. The highest BCUT2D eigenvalue weighted by Crippen LogP contribution is 1.94. The SMILES string of the molecule is C=C(CCN)NCCC1NC=CN1.CC. The van der Waals surface area contributed by atoms with Crippen molar-refractivity contribution in [2.24, 2.45) is 5.73 Å². The van der Waals surface area contributed by atoms with E-state index >= 15 is 0 Å². The Kier molecular flexibility index (Phi) is 8.67. The average Bonchev–Trinajstić information content (AvgIpc) is 2.74. The van der Waals surface area contributed by atoms with E-state index in [1.807, 2.05) is 26.2 Å². The molecule has 4 nitrogen and oxygen atoms in total. The monoisotopic (exact) mass is 212 g/mol. The molecule has 0 saturated carbocycles. The topological polar surface area (TPSA) is 62.1 Å². The summed E-state index contributed by atoms with van der Waals surface area (Å²) in [5.74, 6) is 0. The third kappa shape index (κ3) is 6.85. The van der Waals surface area contributed by atoms with Crippen molar-refractivity contribution in [1.29, 1.82) is 0 Å². The van der Waals surface area contributed by atoms with Gasteiger partial charge >= 0.3 is 0 Å². The molecule has 1 aliphatic rings. The molecule has 0 spiro atoms. The predicted molar refractivity (Wildman–Crippen MR) is 66.0 cm³/mol. The fourth-order valence-electron chi connectivity index (χ4n) is 1.20. The van der Waals surface area contributed by atoms with Crippen LogP contribution in [0.2, 0.25) is 0 Å². The van der Waals surface area contributed by atoms with Crippen molar-refractivity contribution in [2.45, 2.75) is 32.9 Å². The minimum atomic E-state index is 0.359. The molecule has 0 fully saturated rings. The molecule has 88 valence electrons. The van der Waals surface area contributed by atoms with Crippen LogP contribution in [0.4, 0.5) is 0 Å². The predicted octanol–water partition coefficient (Wildman–Crippen LogP) is 0.845. The fraction of sp³-hybridized carbons (Fsp3) is 0.636. The first-order valence-electron chi connectivity index (χ1n) is 5.62. The Morgan fingerprint density at radius 2 is 2.00 bits per heavy atom. The third-order valence-electron chi connectivity index (χ3n) is 1.93. The molecule has 1 heterocycles. The zero-order valence-electron chi connectivity index (χ0n) is 9.84. The maximum absolute atomic E-state index is 5.39. The Balaban J connectivity index is 0.000000921. The van der Waals surface area contributed by atoms with E-state index in [2.05, 4.69) is 22.5 Å². The third-order valence-corrected chi connectivity index (χ3v) is 1.93. The second-order valence-electron chi connectivity index (χ2n) is 3.08. The summed E-state index contributed by atoms with van der Waals surface area (Å²) < 4.78 is 0. The summed E-state index contributed by atoms with van der Waals surface area (Å²) in [6.07, 6.45) is 6.07. The number of nitrogens with two attached hydrogens (primary N) is 1. The zero-order valence-corrected chi connectivity index (χ0v) is 9.84. The number of rotatable bonds is 6. The van der Waals surface area contributed by atoms with Gasteiger partial charge < -0.3 is 21.7 Å². The highest BCUT2D eigenvalue weighted by atomic mass is 15.1. The standard InChI is InChI=1S/C9H18N4.C2H6/c1-8(2-4-10)11-5-3-9-12-6-7-13-9;1-2/h6-7,9,11-13H,1-5,10H2;1-2H3. The first-order chi connectivity index (χ1) is 7.33. The highest BCUT2D eigenvalue weighted by Gasteiger charge is 2.06. The molecule has 0 atom stereocenters. The van der Waals surface area contributed by atoms with E-state index in [-0.39, 0.29) is 0 Å². The van der Waals surface area contributed by atoms with Gasteiger partial charge in [0.25, 0.3) is 0 Å². The van der Waals surface area contributed by atoms with Gasteiger partial charge in [-0.15, -0.1) is 0 Å². The molecule has 0 aliphatic carbocycles. The second kappa shape index (κ2) is 9.40. The van der Waals surface area contributed by atoms with E-state index in [0.29, 0.717) is 12.7 Å². The summed E-state index contributed by atoms with van der Waals surface area (Å²) >= 11 is 0. The van der Waals surface area contributed by atoms with Crippen LogP contribution in [0, 0.1) is 0 Å². The van der Waals surface area contributed by atoms with E-state index in [0.717, 1.165) is 25.1 Å². The van der Waals surface area contributed by atoms with Crippen molar-refractivity contribution in [2.75, 3.05) is 13.1 Å². The van der Waals surface area contributed by atoms with Gasteiger partial charge in [0, 0.05) is 31.1 Å².